The molecule has 0 spiro atoms. The Bertz CT molecular complexity index is 1340. The average Bonchev–Trinajstić information content (AvgIpc) is 3.18. The number of nitrogens with one attached hydrogen (secondary N) is 2. The fourth-order valence-corrected chi connectivity index (χ4v) is 4.30. The number of nitrogens with zero attached hydrogens (tertiary/aromatic N) is 2. The summed E-state index contributed by atoms with van der Waals surface area (Å²) in [5, 5.41) is 31.3. The zero-order valence-electron chi connectivity index (χ0n) is 18.6. The van der Waals surface area contributed by atoms with Gasteiger partial charge in [0, 0.05) is 23.7 Å². The molecule has 9 heteroatoms. The number of aromatic nitrogens is 2. The molecule has 0 bridgehead atoms. The van der Waals surface area contributed by atoms with E-state index in [1.54, 1.807) is 4.68 Å². The minimum absolute atomic E-state index is 0.162. The molecule has 1 aromatic heterocycles. The van der Waals surface area contributed by atoms with Crippen LogP contribution in [0, 0.1) is 0 Å². The molecule has 34 heavy (non-hydrogen) atoms. The van der Waals surface area contributed by atoms with Gasteiger partial charge in [0.05, 0.1) is 35.5 Å². The van der Waals surface area contributed by atoms with Gasteiger partial charge in [-0.05, 0) is 42.0 Å². The summed E-state index contributed by atoms with van der Waals surface area (Å²) >= 11 is 6.82. The van der Waals surface area contributed by atoms with E-state index >= 15 is 0 Å². The van der Waals surface area contributed by atoms with Gasteiger partial charge in [0.15, 0.2) is 17.3 Å². The Kier molecular flexibility index (Phi) is 6.19. The van der Waals surface area contributed by atoms with Crippen LogP contribution in [0.3, 0.4) is 0 Å². The predicted molar refractivity (Wildman–Crippen MR) is 133 cm³/mol. The molecule has 1 aliphatic heterocycles. The zero-order valence-corrected chi connectivity index (χ0v) is 19.3. The van der Waals surface area contributed by atoms with Crippen LogP contribution >= 0.6 is 11.6 Å². The lowest BCUT2D eigenvalue weighted by Crippen LogP contribution is -2.27. The summed E-state index contributed by atoms with van der Waals surface area (Å²) < 4.78 is 13.1. The van der Waals surface area contributed by atoms with Crippen molar-refractivity contribution >= 4 is 39.7 Å². The van der Waals surface area contributed by atoms with E-state index in [-0.39, 0.29) is 13.2 Å². The molecule has 0 radical (unpaired) electrons. The molecule has 0 fully saturated rings. The van der Waals surface area contributed by atoms with Crippen LogP contribution in [0.15, 0.2) is 54.6 Å². The molecule has 1 aliphatic rings. The van der Waals surface area contributed by atoms with E-state index in [4.69, 9.17) is 21.1 Å². The van der Waals surface area contributed by atoms with Gasteiger partial charge < -0.3 is 30.3 Å². The third-order valence-corrected chi connectivity index (χ3v) is 6.18. The Morgan fingerprint density at radius 3 is 2.62 bits per heavy atom. The number of fused-ring (bicyclic) bond motifs is 2. The second-order valence-corrected chi connectivity index (χ2v) is 8.44. The molecule has 5 rings (SSSR count). The summed E-state index contributed by atoms with van der Waals surface area (Å²) in [4.78, 5) is 0. The van der Waals surface area contributed by atoms with Crippen molar-refractivity contribution < 1.29 is 19.7 Å². The van der Waals surface area contributed by atoms with Gasteiger partial charge in [-0.1, -0.05) is 29.8 Å². The number of ether oxygens (including phenoxy) is 2. The van der Waals surface area contributed by atoms with Crippen LogP contribution < -0.4 is 20.1 Å². The van der Waals surface area contributed by atoms with Gasteiger partial charge in [-0.25, -0.2) is 0 Å². The first kappa shape index (κ1) is 22.3. The molecule has 0 amide bonds. The molecule has 0 aliphatic carbocycles. The molecule has 0 saturated carbocycles. The summed E-state index contributed by atoms with van der Waals surface area (Å²) in [6.45, 7) is 0.748. The molecular weight excluding hydrogens is 456 g/mol. The molecular formula is C25H25ClN4O4. The smallest absolute Gasteiger partial charge is 0.161 e. The fraction of sp³-hybridized carbons (Fsp3) is 0.240. The number of hydrogen-bond donors (Lipinski definition) is 4. The lowest BCUT2D eigenvalue weighted by Gasteiger charge is -2.19. The van der Waals surface area contributed by atoms with E-state index in [1.165, 1.54) is 0 Å². The fourth-order valence-electron chi connectivity index (χ4n) is 4.01. The van der Waals surface area contributed by atoms with E-state index in [0.717, 1.165) is 39.2 Å². The summed E-state index contributed by atoms with van der Waals surface area (Å²) in [7, 11) is 1.86. The van der Waals surface area contributed by atoms with Crippen LogP contribution in [-0.4, -0.2) is 52.5 Å². The summed E-state index contributed by atoms with van der Waals surface area (Å²) in [6.07, 6.45) is 0. The molecule has 2 heterocycles. The van der Waals surface area contributed by atoms with Crippen LogP contribution in [0.25, 0.3) is 22.0 Å². The monoisotopic (exact) mass is 480 g/mol. The molecule has 4 N–H and O–H groups in total. The molecule has 3 aromatic carbocycles. The Hall–Kier alpha value is -3.46. The Balaban J connectivity index is 1.45. The minimum atomic E-state index is -0.426. The van der Waals surface area contributed by atoms with E-state index in [2.05, 4.69) is 15.7 Å². The van der Waals surface area contributed by atoms with Crippen LogP contribution in [0.5, 0.6) is 11.5 Å². The zero-order chi connectivity index (χ0) is 23.7. The van der Waals surface area contributed by atoms with Crippen molar-refractivity contribution in [2.75, 3.05) is 37.1 Å². The van der Waals surface area contributed by atoms with E-state index in [1.807, 2.05) is 61.6 Å². The van der Waals surface area contributed by atoms with Crippen molar-refractivity contribution in [3.8, 4) is 22.6 Å². The number of aryl methyl sites for hydroxylation is 1. The number of anilines is 3. The van der Waals surface area contributed by atoms with Crippen molar-refractivity contribution in [3.63, 3.8) is 0 Å². The highest BCUT2D eigenvalue weighted by atomic mass is 35.5. The van der Waals surface area contributed by atoms with Crippen LogP contribution in [0.1, 0.15) is 0 Å². The second kappa shape index (κ2) is 9.42. The maximum absolute atomic E-state index is 9.34. The lowest BCUT2D eigenvalue weighted by molar-refractivity contribution is 0.171. The third-order valence-electron chi connectivity index (χ3n) is 5.77. The maximum Gasteiger partial charge on any atom is 0.161 e. The van der Waals surface area contributed by atoms with Gasteiger partial charge >= 0.3 is 0 Å². The first-order chi connectivity index (χ1) is 16.6. The van der Waals surface area contributed by atoms with Crippen molar-refractivity contribution in [1.29, 1.82) is 0 Å². The summed E-state index contributed by atoms with van der Waals surface area (Å²) in [5.74, 6) is 2.12. The molecule has 0 saturated heterocycles. The first-order valence-electron chi connectivity index (χ1n) is 11.0. The highest BCUT2D eigenvalue weighted by Gasteiger charge is 2.17. The summed E-state index contributed by atoms with van der Waals surface area (Å²) in [6, 6.07) is 17.0. The normalized spacial score (nSPS) is 12.9. The lowest BCUT2D eigenvalue weighted by atomic mass is 10.0. The number of hydrogen-bond acceptors (Lipinski definition) is 7. The van der Waals surface area contributed by atoms with Crippen LogP contribution in [-0.2, 0) is 7.05 Å². The van der Waals surface area contributed by atoms with E-state index in [0.29, 0.717) is 29.8 Å². The second-order valence-electron chi connectivity index (χ2n) is 8.06. The number of aliphatic hydroxyl groups is 2. The Labute approximate surface area is 201 Å². The number of halogens is 1. The van der Waals surface area contributed by atoms with Gasteiger partial charge in [-0.2, -0.15) is 5.10 Å². The third kappa shape index (κ3) is 4.23. The Morgan fingerprint density at radius 2 is 1.82 bits per heavy atom. The van der Waals surface area contributed by atoms with Gasteiger partial charge in [0.25, 0.3) is 0 Å². The van der Waals surface area contributed by atoms with Crippen molar-refractivity contribution in [2.45, 2.75) is 6.04 Å². The van der Waals surface area contributed by atoms with Crippen molar-refractivity contribution in [1.82, 2.24) is 9.78 Å². The molecule has 0 atom stereocenters. The highest BCUT2D eigenvalue weighted by molar-refractivity contribution is 6.36. The van der Waals surface area contributed by atoms with Gasteiger partial charge in [-0.15, -0.1) is 0 Å². The maximum atomic E-state index is 9.34. The van der Waals surface area contributed by atoms with Crippen LogP contribution in [0.2, 0.25) is 5.02 Å². The first-order valence-corrected chi connectivity index (χ1v) is 11.4. The minimum Gasteiger partial charge on any atom is -0.486 e. The highest BCUT2D eigenvalue weighted by Crippen LogP contribution is 2.40. The van der Waals surface area contributed by atoms with Gasteiger partial charge in [0.1, 0.15) is 13.2 Å². The number of benzene rings is 3. The number of rotatable bonds is 7. The van der Waals surface area contributed by atoms with Crippen molar-refractivity contribution in [3.05, 3.63) is 59.6 Å². The van der Waals surface area contributed by atoms with Gasteiger partial charge in [-0.3, -0.25) is 4.68 Å². The molecule has 176 valence electrons. The molecule has 0 unspecified atom stereocenters. The summed E-state index contributed by atoms with van der Waals surface area (Å²) in [5.41, 5.74) is 4.21. The molecule has 8 nitrogen and oxygen atoms in total. The van der Waals surface area contributed by atoms with E-state index < -0.39 is 6.04 Å². The topological polar surface area (TPSA) is 101 Å². The predicted octanol–water partition coefficient (Wildman–Crippen LogP) is 4.17. The molecule has 4 aromatic rings. The average molecular weight is 481 g/mol. The van der Waals surface area contributed by atoms with Gasteiger partial charge in [0.2, 0.25) is 0 Å². The van der Waals surface area contributed by atoms with Crippen LogP contribution in [0.4, 0.5) is 17.2 Å². The Morgan fingerprint density at radius 1 is 1.03 bits per heavy atom. The quantitative estimate of drug-likeness (QED) is 0.315. The van der Waals surface area contributed by atoms with Crippen molar-refractivity contribution in [2.24, 2.45) is 7.05 Å². The number of aliphatic hydroxyl groups excluding tert-OH is 2. The SMILES string of the molecule is Cn1nc(Nc2cccc(-c3ccc4c(c3)OCCO4)c2Cl)c2ccc(NC(CO)CO)cc21. The largest absolute Gasteiger partial charge is 0.486 e. The standard InChI is InChI=1S/C25H25ClN4O4/c1-30-21-12-16(27-17(13-31)14-32)6-7-19(21)25(29-30)28-20-4-2-3-18(24(20)26)15-5-8-22-23(11-15)34-10-9-33-22/h2-8,11-12,17,27,31-32H,9-10,13-14H2,1H3,(H,28,29). The van der Waals surface area contributed by atoms with E-state index in [9.17, 15) is 10.2 Å².